The summed E-state index contributed by atoms with van der Waals surface area (Å²) < 4.78 is 0. The average Bonchev–Trinajstić information content (AvgIpc) is 2.46. The normalized spacial score (nSPS) is 25.3. The van der Waals surface area contributed by atoms with Crippen molar-refractivity contribution in [3.8, 4) is 12.3 Å². The van der Waals surface area contributed by atoms with Crippen molar-refractivity contribution in [2.75, 3.05) is 0 Å². The number of hydrogen-bond donors (Lipinski definition) is 1. The minimum Gasteiger partial charge on any atom is -0.301 e. The Labute approximate surface area is 111 Å². The molecule has 0 saturated heterocycles. The second-order valence-electron chi connectivity index (χ2n) is 5.25. The van der Waals surface area contributed by atoms with Crippen LogP contribution in [0, 0.1) is 12.3 Å². The number of benzene rings is 1. The van der Waals surface area contributed by atoms with Crippen LogP contribution in [0.1, 0.15) is 50.5 Å². The van der Waals surface area contributed by atoms with Crippen molar-refractivity contribution < 1.29 is 0 Å². The third-order valence-corrected chi connectivity index (χ3v) is 4.04. The molecule has 1 aliphatic rings. The molecule has 1 heteroatoms. The SMILES string of the molecule is C#CC(CC)NC1CCC(c2ccccc2)CC1. The van der Waals surface area contributed by atoms with Crippen molar-refractivity contribution in [3.05, 3.63) is 35.9 Å². The summed E-state index contributed by atoms with van der Waals surface area (Å²) in [5.41, 5.74) is 1.50. The Kier molecular flexibility index (Phi) is 4.84. The lowest BCUT2D eigenvalue weighted by Crippen LogP contribution is -2.39. The zero-order chi connectivity index (χ0) is 12.8. The Bertz CT molecular complexity index is 382. The summed E-state index contributed by atoms with van der Waals surface area (Å²) in [4.78, 5) is 0. The van der Waals surface area contributed by atoms with Gasteiger partial charge in [0.2, 0.25) is 0 Å². The largest absolute Gasteiger partial charge is 0.301 e. The first-order valence-corrected chi connectivity index (χ1v) is 7.10. The van der Waals surface area contributed by atoms with Gasteiger partial charge in [-0.25, -0.2) is 0 Å². The molecule has 96 valence electrons. The maximum absolute atomic E-state index is 5.51. The van der Waals surface area contributed by atoms with Gasteiger partial charge in [-0.15, -0.1) is 6.42 Å². The Balaban J connectivity index is 1.83. The molecular formula is C17H23N. The molecule has 2 rings (SSSR count). The number of nitrogens with one attached hydrogen (secondary N) is 1. The van der Waals surface area contributed by atoms with Gasteiger partial charge in [0.1, 0.15) is 0 Å². The van der Waals surface area contributed by atoms with E-state index in [1.807, 2.05) is 0 Å². The second kappa shape index (κ2) is 6.61. The molecule has 1 aliphatic carbocycles. The molecule has 0 heterocycles. The summed E-state index contributed by atoms with van der Waals surface area (Å²) in [6.45, 7) is 2.15. The summed E-state index contributed by atoms with van der Waals surface area (Å²) >= 11 is 0. The molecule has 0 amide bonds. The molecule has 1 N–H and O–H groups in total. The van der Waals surface area contributed by atoms with Crippen LogP contribution in [0.4, 0.5) is 0 Å². The first-order valence-electron chi connectivity index (χ1n) is 7.10. The molecule has 1 fully saturated rings. The van der Waals surface area contributed by atoms with Gasteiger partial charge in [-0.3, -0.25) is 0 Å². The molecular weight excluding hydrogens is 218 g/mol. The highest BCUT2D eigenvalue weighted by molar-refractivity contribution is 5.20. The maximum Gasteiger partial charge on any atom is 0.0686 e. The molecule has 0 aliphatic heterocycles. The Morgan fingerprint density at radius 3 is 2.44 bits per heavy atom. The smallest absolute Gasteiger partial charge is 0.0686 e. The van der Waals surface area contributed by atoms with Crippen LogP contribution in [0.2, 0.25) is 0 Å². The fourth-order valence-electron chi connectivity index (χ4n) is 2.89. The Morgan fingerprint density at radius 1 is 1.22 bits per heavy atom. The van der Waals surface area contributed by atoms with Crippen molar-refractivity contribution >= 4 is 0 Å². The van der Waals surface area contributed by atoms with E-state index >= 15 is 0 Å². The second-order valence-corrected chi connectivity index (χ2v) is 5.25. The molecule has 1 nitrogen and oxygen atoms in total. The van der Waals surface area contributed by atoms with Gasteiger partial charge < -0.3 is 5.32 Å². The van der Waals surface area contributed by atoms with E-state index in [2.05, 4.69) is 48.5 Å². The lowest BCUT2D eigenvalue weighted by molar-refractivity contribution is 0.329. The van der Waals surface area contributed by atoms with Gasteiger partial charge in [-0.05, 0) is 43.6 Å². The Hall–Kier alpha value is -1.26. The fraction of sp³-hybridized carbons (Fsp3) is 0.529. The van der Waals surface area contributed by atoms with Crippen LogP contribution >= 0.6 is 0 Å². The predicted molar refractivity (Wildman–Crippen MR) is 77.5 cm³/mol. The maximum atomic E-state index is 5.51. The highest BCUT2D eigenvalue weighted by Gasteiger charge is 2.23. The van der Waals surface area contributed by atoms with Gasteiger partial charge >= 0.3 is 0 Å². The van der Waals surface area contributed by atoms with Gasteiger partial charge in [-0.2, -0.15) is 0 Å². The molecule has 1 saturated carbocycles. The summed E-state index contributed by atoms with van der Waals surface area (Å²) in [5, 5.41) is 3.59. The number of terminal acetylenes is 1. The minimum absolute atomic E-state index is 0.253. The van der Waals surface area contributed by atoms with Crippen molar-refractivity contribution in [3.63, 3.8) is 0 Å². The van der Waals surface area contributed by atoms with E-state index in [9.17, 15) is 0 Å². The summed E-state index contributed by atoms with van der Waals surface area (Å²) in [6, 6.07) is 11.8. The fourth-order valence-corrected chi connectivity index (χ4v) is 2.89. The van der Waals surface area contributed by atoms with Crippen LogP contribution in [0.25, 0.3) is 0 Å². The first kappa shape index (κ1) is 13.2. The molecule has 1 unspecified atom stereocenters. The number of rotatable bonds is 4. The van der Waals surface area contributed by atoms with Crippen molar-refractivity contribution in [1.82, 2.24) is 5.32 Å². The summed E-state index contributed by atoms with van der Waals surface area (Å²) in [5.74, 6) is 3.58. The van der Waals surface area contributed by atoms with Crippen LogP contribution in [0.5, 0.6) is 0 Å². The van der Waals surface area contributed by atoms with Crippen molar-refractivity contribution in [2.45, 2.75) is 57.0 Å². The van der Waals surface area contributed by atoms with Crippen LogP contribution in [-0.4, -0.2) is 12.1 Å². The minimum atomic E-state index is 0.253. The molecule has 0 bridgehead atoms. The quantitative estimate of drug-likeness (QED) is 0.792. The molecule has 1 aromatic carbocycles. The van der Waals surface area contributed by atoms with E-state index in [1.165, 1.54) is 31.2 Å². The highest BCUT2D eigenvalue weighted by atomic mass is 14.9. The molecule has 0 spiro atoms. The molecule has 0 radical (unpaired) electrons. The molecule has 1 aromatic rings. The average molecular weight is 241 g/mol. The zero-order valence-corrected chi connectivity index (χ0v) is 11.2. The lowest BCUT2D eigenvalue weighted by Gasteiger charge is -2.31. The third kappa shape index (κ3) is 3.37. The summed E-state index contributed by atoms with van der Waals surface area (Å²) in [7, 11) is 0. The first-order chi connectivity index (χ1) is 8.83. The summed E-state index contributed by atoms with van der Waals surface area (Å²) in [6.07, 6.45) is 11.6. The van der Waals surface area contributed by atoms with E-state index in [4.69, 9.17) is 6.42 Å². The van der Waals surface area contributed by atoms with Gasteiger partial charge in [0.15, 0.2) is 0 Å². The van der Waals surface area contributed by atoms with E-state index in [1.54, 1.807) is 0 Å². The molecule has 1 atom stereocenters. The zero-order valence-electron chi connectivity index (χ0n) is 11.2. The lowest BCUT2D eigenvalue weighted by atomic mass is 9.81. The molecule has 0 aromatic heterocycles. The highest BCUT2D eigenvalue weighted by Crippen LogP contribution is 2.32. The predicted octanol–water partition coefficient (Wildman–Crippen LogP) is 3.71. The van der Waals surface area contributed by atoms with E-state index in [0.717, 1.165) is 12.3 Å². The van der Waals surface area contributed by atoms with E-state index < -0.39 is 0 Å². The van der Waals surface area contributed by atoms with Crippen LogP contribution < -0.4 is 5.32 Å². The topological polar surface area (TPSA) is 12.0 Å². The van der Waals surface area contributed by atoms with Gasteiger partial charge in [0.25, 0.3) is 0 Å². The standard InChI is InChI=1S/C17H23N/c1-3-16(4-2)18-17-12-10-15(11-13-17)14-8-6-5-7-9-14/h1,5-9,15-18H,4,10-13H2,2H3. The van der Waals surface area contributed by atoms with Crippen LogP contribution in [-0.2, 0) is 0 Å². The van der Waals surface area contributed by atoms with Crippen molar-refractivity contribution in [1.29, 1.82) is 0 Å². The van der Waals surface area contributed by atoms with Gasteiger partial charge in [0, 0.05) is 6.04 Å². The van der Waals surface area contributed by atoms with Crippen molar-refractivity contribution in [2.24, 2.45) is 0 Å². The van der Waals surface area contributed by atoms with Gasteiger partial charge in [-0.1, -0.05) is 43.2 Å². The van der Waals surface area contributed by atoms with Crippen LogP contribution in [0.3, 0.4) is 0 Å². The Morgan fingerprint density at radius 2 is 1.89 bits per heavy atom. The van der Waals surface area contributed by atoms with Crippen LogP contribution in [0.15, 0.2) is 30.3 Å². The van der Waals surface area contributed by atoms with Gasteiger partial charge in [0.05, 0.1) is 6.04 Å². The molecule has 18 heavy (non-hydrogen) atoms. The van der Waals surface area contributed by atoms with E-state index in [-0.39, 0.29) is 6.04 Å². The third-order valence-electron chi connectivity index (χ3n) is 4.04. The van der Waals surface area contributed by atoms with E-state index in [0.29, 0.717) is 6.04 Å². The number of hydrogen-bond acceptors (Lipinski definition) is 1. The monoisotopic (exact) mass is 241 g/mol.